The molecule has 1 aromatic carbocycles. The van der Waals surface area contributed by atoms with Crippen molar-refractivity contribution in [3.8, 4) is 17.6 Å². The molecule has 0 spiro atoms. The molecule has 0 radical (unpaired) electrons. The van der Waals surface area contributed by atoms with Crippen molar-refractivity contribution in [3.63, 3.8) is 0 Å². The highest BCUT2D eigenvalue weighted by Gasteiger charge is 2.33. The zero-order valence-electron chi connectivity index (χ0n) is 18.7. The lowest BCUT2D eigenvalue weighted by Gasteiger charge is -2.27. The number of nitriles is 1. The van der Waals surface area contributed by atoms with Gasteiger partial charge < -0.3 is 19.6 Å². The van der Waals surface area contributed by atoms with Crippen LogP contribution in [0.4, 0.5) is 0 Å². The zero-order valence-corrected chi connectivity index (χ0v) is 18.7. The average molecular weight is 435 g/mol. The standard InChI is InChI=1S/C26H30N2O4/c1-3-4-5-17-7-9-18(10-8-17)26(29)31-19-11-12-20-23(14-19)32-25(28)21(15-27)24(20)22-13-6-16(2)30-22/h6,11-14,17-18,24H,3-5,7-10,28H2,1-2H3. The molecule has 6 heteroatoms. The Kier molecular flexibility index (Phi) is 6.55. The van der Waals surface area contributed by atoms with Gasteiger partial charge in [0.25, 0.3) is 0 Å². The van der Waals surface area contributed by atoms with Gasteiger partial charge in [-0.1, -0.05) is 32.3 Å². The molecule has 1 atom stereocenters. The summed E-state index contributed by atoms with van der Waals surface area (Å²) in [6.45, 7) is 4.07. The van der Waals surface area contributed by atoms with E-state index in [1.807, 2.05) is 25.1 Å². The Labute approximate surface area is 189 Å². The maximum Gasteiger partial charge on any atom is 0.314 e. The van der Waals surface area contributed by atoms with E-state index >= 15 is 0 Å². The van der Waals surface area contributed by atoms with Crippen LogP contribution < -0.4 is 15.2 Å². The first-order valence-corrected chi connectivity index (χ1v) is 11.5. The van der Waals surface area contributed by atoms with E-state index in [2.05, 4.69) is 13.0 Å². The van der Waals surface area contributed by atoms with Crippen LogP contribution in [-0.2, 0) is 4.79 Å². The summed E-state index contributed by atoms with van der Waals surface area (Å²) in [5, 5.41) is 9.63. The summed E-state index contributed by atoms with van der Waals surface area (Å²) >= 11 is 0. The summed E-state index contributed by atoms with van der Waals surface area (Å²) < 4.78 is 17.2. The van der Waals surface area contributed by atoms with Crippen LogP contribution in [0.25, 0.3) is 0 Å². The van der Waals surface area contributed by atoms with E-state index in [1.54, 1.807) is 12.1 Å². The van der Waals surface area contributed by atoms with Crippen molar-refractivity contribution in [3.05, 3.63) is 58.9 Å². The summed E-state index contributed by atoms with van der Waals surface area (Å²) in [5.41, 5.74) is 7.09. The van der Waals surface area contributed by atoms with Gasteiger partial charge in [0, 0.05) is 11.6 Å². The van der Waals surface area contributed by atoms with Crippen molar-refractivity contribution < 1.29 is 18.7 Å². The number of allylic oxidation sites excluding steroid dienone is 1. The molecular weight excluding hydrogens is 404 g/mol. The Morgan fingerprint density at radius 2 is 2.00 bits per heavy atom. The SMILES string of the molecule is CCCCC1CCC(C(=O)Oc2ccc3c(c2)OC(N)=C(C#N)C3c2ccc(C)o2)CC1. The molecule has 1 aliphatic heterocycles. The number of hydrogen-bond donors (Lipinski definition) is 1. The second-order valence-electron chi connectivity index (χ2n) is 8.85. The molecule has 1 fully saturated rings. The van der Waals surface area contributed by atoms with E-state index in [1.165, 1.54) is 19.3 Å². The third-order valence-corrected chi connectivity index (χ3v) is 6.60. The van der Waals surface area contributed by atoms with E-state index in [-0.39, 0.29) is 17.8 Å². The highest BCUT2D eigenvalue weighted by Crippen LogP contribution is 2.44. The third kappa shape index (κ3) is 4.52. The first-order valence-electron chi connectivity index (χ1n) is 11.5. The van der Waals surface area contributed by atoms with Gasteiger partial charge in [-0.15, -0.1) is 0 Å². The minimum absolute atomic E-state index is 0.0351. The minimum Gasteiger partial charge on any atom is -0.465 e. The van der Waals surface area contributed by atoms with Gasteiger partial charge in [0.05, 0.1) is 11.8 Å². The topological polar surface area (TPSA) is 98.5 Å². The van der Waals surface area contributed by atoms with Gasteiger partial charge in [0.15, 0.2) is 0 Å². The Morgan fingerprint density at radius 1 is 1.22 bits per heavy atom. The molecule has 0 amide bonds. The van der Waals surface area contributed by atoms with E-state index in [0.717, 1.165) is 42.9 Å². The van der Waals surface area contributed by atoms with Crippen LogP contribution in [0.2, 0.25) is 0 Å². The molecule has 4 rings (SSSR count). The van der Waals surface area contributed by atoms with Gasteiger partial charge in [0.2, 0.25) is 5.88 Å². The van der Waals surface area contributed by atoms with Crippen molar-refractivity contribution >= 4 is 5.97 Å². The lowest BCUT2D eigenvalue weighted by Crippen LogP contribution is -2.26. The summed E-state index contributed by atoms with van der Waals surface area (Å²) in [6, 6.07) is 11.1. The van der Waals surface area contributed by atoms with Gasteiger partial charge in [0.1, 0.15) is 34.7 Å². The smallest absolute Gasteiger partial charge is 0.314 e. The molecule has 168 valence electrons. The van der Waals surface area contributed by atoms with Crippen LogP contribution >= 0.6 is 0 Å². The number of rotatable bonds is 6. The van der Waals surface area contributed by atoms with Crippen LogP contribution in [-0.4, -0.2) is 5.97 Å². The van der Waals surface area contributed by atoms with Crippen LogP contribution in [0.5, 0.6) is 11.5 Å². The van der Waals surface area contributed by atoms with Crippen molar-refractivity contribution in [2.24, 2.45) is 17.6 Å². The maximum atomic E-state index is 12.8. The van der Waals surface area contributed by atoms with Crippen molar-refractivity contribution in [2.45, 2.75) is 64.7 Å². The highest BCUT2D eigenvalue weighted by molar-refractivity contribution is 5.75. The number of nitrogens with zero attached hydrogens (tertiary/aromatic N) is 1. The van der Waals surface area contributed by atoms with Crippen molar-refractivity contribution in [1.82, 2.24) is 0 Å². The van der Waals surface area contributed by atoms with Gasteiger partial charge >= 0.3 is 5.97 Å². The number of unbranched alkanes of at least 4 members (excludes halogenated alkanes) is 1. The molecule has 1 aliphatic carbocycles. The zero-order chi connectivity index (χ0) is 22.7. The molecule has 32 heavy (non-hydrogen) atoms. The van der Waals surface area contributed by atoms with E-state index < -0.39 is 5.92 Å². The Balaban J connectivity index is 1.48. The number of ether oxygens (including phenoxy) is 2. The Morgan fingerprint density at radius 3 is 2.66 bits per heavy atom. The van der Waals surface area contributed by atoms with E-state index in [4.69, 9.17) is 19.6 Å². The number of carbonyl (C=O) groups excluding carboxylic acids is 1. The monoisotopic (exact) mass is 434 g/mol. The number of fused-ring (bicyclic) bond motifs is 1. The van der Waals surface area contributed by atoms with E-state index in [0.29, 0.717) is 22.8 Å². The number of nitrogens with two attached hydrogens (primary N) is 1. The van der Waals surface area contributed by atoms with Crippen LogP contribution in [0.1, 0.15) is 74.9 Å². The number of hydrogen-bond acceptors (Lipinski definition) is 6. The summed E-state index contributed by atoms with van der Waals surface area (Å²) in [6.07, 6.45) is 7.70. The Bertz CT molecular complexity index is 1050. The first-order chi connectivity index (χ1) is 15.5. The average Bonchev–Trinajstić information content (AvgIpc) is 3.22. The second kappa shape index (κ2) is 9.52. The van der Waals surface area contributed by atoms with E-state index in [9.17, 15) is 10.1 Å². The van der Waals surface area contributed by atoms with Crippen molar-refractivity contribution in [2.75, 3.05) is 0 Å². The molecule has 1 unspecified atom stereocenters. The molecule has 6 nitrogen and oxygen atoms in total. The minimum atomic E-state index is -0.458. The lowest BCUT2D eigenvalue weighted by molar-refractivity contribution is -0.140. The fourth-order valence-electron chi connectivity index (χ4n) is 4.78. The molecule has 1 saturated carbocycles. The van der Waals surface area contributed by atoms with Gasteiger partial charge in [-0.3, -0.25) is 4.79 Å². The number of esters is 1. The maximum absolute atomic E-state index is 12.8. The predicted octanol–water partition coefficient (Wildman–Crippen LogP) is 5.71. The molecule has 2 heterocycles. The fraction of sp³-hybridized carbons (Fsp3) is 0.462. The van der Waals surface area contributed by atoms with Gasteiger partial charge in [-0.2, -0.15) is 5.26 Å². The Hall–Kier alpha value is -3.20. The second-order valence-corrected chi connectivity index (χ2v) is 8.85. The quantitative estimate of drug-likeness (QED) is 0.462. The van der Waals surface area contributed by atoms with Gasteiger partial charge in [-0.25, -0.2) is 0 Å². The summed E-state index contributed by atoms with van der Waals surface area (Å²) in [4.78, 5) is 12.8. The summed E-state index contributed by atoms with van der Waals surface area (Å²) in [5.74, 6) is 2.33. The lowest BCUT2D eigenvalue weighted by atomic mass is 9.80. The molecule has 0 saturated heterocycles. The molecule has 2 aromatic rings. The molecule has 2 aliphatic rings. The first kappa shape index (κ1) is 22.0. The number of furan rings is 1. The van der Waals surface area contributed by atoms with Gasteiger partial charge in [-0.05, 0) is 56.7 Å². The number of carbonyl (C=O) groups is 1. The van der Waals surface area contributed by atoms with Crippen molar-refractivity contribution in [1.29, 1.82) is 5.26 Å². The van der Waals surface area contributed by atoms with Crippen LogP contribution in [0.3, 0.4) is 0 Å². The molecular formula is C26H30N2O4. The molecule has 0 bridgehead atoms. The number of benzene rings is 1. The van der Waals surface area contributed by atoms with Crippen LogP contribution in [0, 0.1) is 30.1 Å². The normalized spacial score (nSPS) is 22.6. The fourth-order valence-corrected chi connectivity index (χ4v) is 4.78. The van der Waals surface area contributed by atoms with Crippen LogP contribution in [0.15, 0.2) is 46.2 Å². The predicted molar refractivity (Wildman–Crippen MR) is 120 cm³/mol. The largest absolute Gasteiger partial charge is 0.465 e. The number of aryl methyl sites for hydroxylation is 1. The molecule has 2 N–H and O–H groups in total. The molecule has 1 aromatic heterocycles. The third-order valence-electron chi connectivity index (χ3n) is 6.60. The highest BCUT2D eigenvalue weighted by atomic mass is 16.5. The summed E-state index contributed by atoms with van der Waals surface area (Å²) in [7, 11) is 0.